The van der Waals surface area contributed by atoms with E-state index in [9.17, 15) is 0 Å². The van der Waals surface area contributed by atoms with Crippen LogP contribution in [0.5, 0.6) is 0 Å². The molecular formula is C28H43N5. The molecule has 0 fully saturated rings. The third-order valence-electron chi connectivity index (χ3n) is 6.03. The monoisotopic (exact) mass is 449 g/mol. The number of hydrogen-bond acceptors (Lipinski definition) is 3. The fourth-order valence-electron chi connectivity index (χ4n) is 3.99. The second kappa shape index (κ2) is 12.9. The van der Waals surface area contributed by atoms with Crippen LogP contribution in [-0.2, 0) is 5.41 Å². The molecule has 0 saturated heterocycles. The summed E-state index contributed by atoms with van der Waals surface area (Å²) in [5.41, 5.74) is 9.05. The number of amidine groups is 1. The molecule has 5 heteroatoms. The average Bonchev–Trinajstić information content (AvgIpc) is 2.80. The van der Waals surface area contributed by atoms with Gasteiger partial charge in [-0.05, 0) is 50.8 Å². The summed E-state index contributed by atoms with van der Waals surface area (Å²) >= 11 is 0. The highest BCUT2D eigenvalue weighted by molar-refractivity contribution is 6.01. The first kappa shape index (κ1) is 28.1. The summed E-state index contributed by atoms with van der Waals surface area (Å²) < 4.78 is 0. The standard InChI is InChI=1S/C26H37N5.C2H6/c1-8-9-14-31(17-27)21(5)26(6,7)23-13-11-10-12-22(23)25(30-28)29-24-19(3)15-18(2)16-20(24)4;1-2/h9-17,21,27H,8,28H2,1-7H3,(H,29,30);1-2H3/b14-9-,27-17?;/t21-;/m0./s1. The van der Waals surface area contributed by atoms with Gasteiger partial charge in [0.25, 0.3) is 0 Å². The van der Waals surface area contributed by atoms with Crippen molar-refractivity contribution in [3.05, 3.63) is 76.5 Å². The second-order valence-corrected chi connectivity index (χ2v) is 8.66. The number of aryl methyl sites for hydroxylation is 3. The lowest BCUT2D eigenvalue weighted by molar-refractivity contribution is 0.290. The van der Waals surface area contributed by atoms with E-state index in [1.165, 1.54) is 11.9 Å². The molecule has 0 heterocycles. The van der Waals surface area contributed by atoms with Gasteiger partial charge in [0.05, 0.1) is 12.0 Å². The molecule has 1 atom stereocenters. The van der Waals surface area contributed by atoms with E-state index in [1.807, 2.05) is 37.1 Å². The van der Waals surface area contributed by atoms with Gasteiger partial charge in [-0.1, -0.05) is 82.7 Å². The Morgan fingerprint density at radius 1 is 1.15 bits per heavy atom. The molecule has 180 valence electrons. The Labute approximate surface area is 201 Å². The molecule has 0 aliphatic rings. The van der Waals surface area contributed by atoms with Gasteiger partial charge in [0, 0.05) is 23.2 Å². The molecule has 5 nitrogen and oxygen atoms in total. The van der Waals surface area contributed by atoms with Gasteiger partial charge < -0.3 is 10.3 Å². The molecule has 0 saturated carbocycles. The molecule has 0 radical (unpaired) electrons. The number of rotatable bonds is 8. The van der Waals surface area contributed by atoms with Crippen LogP contribution in [0.1, 0.15) is 75.8 Å². The quantitative estimate of drug-likeness (QED) is 0.182. The van der Waals surface area contributed by atoms with Crippen LogP contribution < -0.4 is 11.3 Å². The smallest absolute Gasteiger partial charge is 0.148 e. The summed E-state index contributed by atoms with van der Waals surface area (Å²) in [6, 6.07) is 12.6. The Hall–Kier alpha value is -2.92. The zero-order valence-electron chi connectivity index (χ0n) is 22.0. The fraction of sp³-hybridized carbons (Fsp3) is 0.429. The summed E-state index contributed by atoms with van der Waals surface area (Å²) in [6.07, 6.45) is 6.37. The Morgan fingerprint density at radius 2 is 1.73 bits per heavy atom. The lowest BCUT2D eigenvalue weighted by atomic mass is 9.75. The van der Waals surface area contributed by atoms with Crippen LogP contribution in [0.4, 0.5) is 5.69 Å². The third kappa shape index (κ3) is 6.78. The normalized spacial score (nSPS) is 12.7. The van der Waals surface area contributed by atoms with Gasteiger partial charge in [-0.2, -0.15) is 0 Å². The molecule has 0 aromatic heterocycles. The van der Waals surface area contributed by atoms with Gasteiger partial charge in [0.1, 0.15) is 5.84 Å². The molecule has 4 N–H and O–H groups in total. The fourth-order valence-corrected chi connectivity index (χ4v) is 3.99. The SMILES string of the molecule is CC.CC/C=C\N(C=N)[C@@H](C)C(C)(C)c1ccccc1C(=Nc1c(C)cc(C)cc1C)NN. The number of nitrogens with zero attached hydrogens (tertiary/aromatic N) is 2. The Morgan fingerprint density at radius 3 is 2.24 bits per heavy atom. The van der Waals surface area contributed by atoms with Crippen LogP contribution in [0.25, 0.3) is 0 Å². The van der Waals surface area contributed by atoms with E-state index in [1.54, 1.807) is 0 Å². The highest BCUT2D eigenvalue weighted by atomic mass is 15.3. The molecule has 2 rings (SSSR count). The van der Waals surface area contributed by atoms with Crippen LogP contribution in [-0.4, -0.2) is 23.1 Å². The predicted octanol–water partition coefficient (Wildman–Crippen LogP) is 6.68. The average molecular weight is 450 g/mol. The summed E-state index contributed by atoms with van der Waals surface area (Å²) in [5, 5.41) is 7.89. The molecule has 33 heavy (non-hydrogen) atoms. The van der Waals surface area contributed by atoms with Crippen molar-refractivity contribution in [3.63, 3.8) is 0 Å². The van der Waals surface area contributed by atoms with Crippen molar-refractivity contribution in [2.24, 2.45) is 10.8 Å². The highest BCUT2D eigenvalue weighted by Crippen LogP contribution is 2.34. The van der Waals surface area contributed by atoms with Gasteiger partial charge in [-0.25, -0.2) is 10.8 Å². The maximum absolute atomic E-state index is 7.89. The number of hydrazine groups is 1. The van der Waals surface area contributed by atoms with Gasteiger partial charge in [-0.3, -0.25) is 5.41 Å². The van der Waals surface area contributed by atoms with Gasteiger partial charge in [-0.15, -0.1) is 0 Å². The predicted molar refractivity (Wildman–Crippen MR) is 145 cm³/mol. The lowest BCUT2D eigenvalue weighted by Gasteiger charge is -2.39. The van der Waals surface area contributed by atoms with Gasteiger partial charge in [0.2, 0.25) is 0 Å². The largest absolute Gasteiger partial charge is 0.336 e. The molecular weight excluding hydrogens is 406 g/mol. The van der Waals surface area contributed by atoms with Crippen molar-refractivity contribution >= 4 is 17.9 Å². The maximum Gasteiger partial charge on any atom is 0.148 e. The van der Waals surface area contributed by atoms with Crippen LogP contribution in [0.15, 0.2) is 53.7 Å². The van der Waals surface area contributed by atoms with Gasteiger partial charge in [0.15, 0.2) is 0 Å². The van der Waals surface area contributed by atoms with Crippen molar-refractivity contribution < 1.29 is 0 Å². The topological polar surface area (TPSA) is 77.5 Å². The molecule has 0 unspecified atom stereocenters. The number of allylic oxidation sites excluding steroid dienone is 1. The van der Waals surface area contributed by atoms with E-state index in [4.69, 9.17) is 16.2 Å². The molecule has 0 aliphatic heterocycles. The van der Waals surface area contributed by atoms with E-state index in [2.05, 4.69) is 84.2 Å². The zero-order valence-corrected chi connectivity index (χ0v) is 22.0. The minimum atomic E-state index is -0.277. The Bertz CT molecular complexity index is 949. The first-order chi connectivity index (χ1) is 15.7. The minimum absolute atomic E-state index is 0.0517. The third-order valence-corrected chi connectivity index (χ3v) is 6.03. The highest BCUT2D eigenvalue weighted by Gasteiger charge is 2.33. The van der Waals surface area contributed by atoms with Crippen LogP contribution in [0, 0.1) is 26.2 Å². The number of benzene rings is 2. The number of aliphatic imine (C=N–C) groups is 1. The van der Waals surface area contributed by atoms with Crippen molar-refractivity contribution in [1.82, 2.24) is 10.3 Å². The van der Waals surface area contributed by atoms with Crippen LogP contribution in [0.2, 0.25) is 0 Å². The molecule has 2 aromatic rings. The summed E-state index contributed by atoms with van der Waals surface area (Å²) in [7, 11) is 0. The molecule has 0 aliphatic carbocycles. The molecule has 0 amide bonds. The Kier molecular flexibility index (Phi) is 11.0. The maximum atomic E-state index is 7.89. The summed E-state index contributed by atoms with van der Waals surface area (Å²) in [6.45, 7) is 18.9. The van der Waals surface area contributed by atoms with E-state index in [0.29, 0.717) is 5.84 Å². The number of nitrogens with two attached hydrogens (primary N) is 1. The summed E-state index contributed by atoms with van der Waals surface area (Å²) in [5.74, 6) is 6.62. The van der Waals surface area contributed by atoms with Crippen molar-refractivity contribution in [2.45, 2.75) is 80.2 Å². The van der Waals surface area contributed by atoms with Crippen molar-refractivity contribution in [1.29, 1.82) is 5.41 Å². The molecule has 0 bridgehead atoms. The second-order valence-electron chi connectivity index (χ2n) is 8.66. The van der Waals surface area contributed by atoms with E-state index in [0.717, 1.165) is 34.4 Å². The number of hydrogen-bond donors (Lipinski definition) is 3. The lowest BCUT2D eigenvalue weighted by Crippen LogP contribution is -2.44. The Balaban J connectivity index is 0.00000265. The summed E-state index contributed by atoms with van der Waals surface area (Å²) in [4.78, 5) is 6.89. The van der Waals surface area contributed by atoms with E-state index < -0.39 is 0 Å². The zero-order chi connectivity index (χ0) is 25.2. The van der Waals surface area contributed by atoms with E-state index >= 15 is 0 Å². The van der Waals surface area contributed by atoms with Gasteiger partial charge >= 0.3 is 0 Å². The molecule has 0 spiro atoms. The minimum Gasteiger partial charge on any atom is -0.336 e. The van der Waals surface area contributed by atoms with Crippen molar-refractivity contribution in [3.8, 4) is 0 Å². The van der Waals surface area contributed by atoms with E-state index in [-0.39, 0.29) is 11.5 Å². The number of nitrogens with one attached hydrogen (secondary N) is 2. The first-order valence-electron chi connectivity index (χ1n) is 11.8. The van der Waals surface area contributed by atoms with Crippen molar-refractivity contribution in [2.75, 3.05) is 0 Å². The van der Waals surface area contributed by atoms with Crippen LogP contribution in [0.3, 0.4) is 0 Å². The first-order valence-corrected chi connectivity index (χ1v) is 11.8. The van der Waals surface area contributed by atoms with Crippen LogP contribution >= 0.6 is 0 Å². The molecule has 2 aromatic carbocycles.